The van der Waals surface area contributed by atoms with Crippen LogP contribution in [0.4, 0.5) is 0 Å². The van der Waals surface area contributed by atoms with Crippen molar-refractivity contribution in [1.82, 2.24) is 26.6 Å². The molecule has 16 nitrogen and oxygen atoms in total. The molecule has 302 valence electrons. The summed E-state index contributed by atoms with van der Waals surface area (Å²) in [4.78, 5) is 79.5. The summed E-state index contributed by atoms with van der Waals surface area (Å²) in [7, 11) is 0. The van der Waals surface area contributed by atoms with Crippen molar-refractivity contribution in [3.8, 4) is 5.75 Å². The SMILES string of the molecule is C=CC[C@H](N)C(=O)N[C@@H](CCCCN)C(=O)N[C@@H](CCCCN)C(=O)N[C@@H](CC)C(=O)N[C@@H](Cc1ccc(O)cc1)C(=O)N[C@@H](Cc1ccccc1)C(=O)O. The van der Waals surface area contributed by atoms with E-state index in [9.17, 15) is 39.0 Å². The van der Waals surface area contributed by atoms with Crippen LogP contribution in [0.25, 0.3) is 0 Å². The van der Waals surface area contributed by atoms with Crippen LogP contribution in [0.5, 0.6) is 5.75 Å². The fourth-order valence-electron chi connectivity index (χ4n) is 5.66. The summed E-state index contributed by atoms with van der Waals surface area (Å²) in [6.07, 6.45) is 4.27. The quantitative estimate of drug-likeness (QED) is 0.0458. The van der Waals surface area contributed by atoms with Crippen LogP contribution in [-0.4, -0.2) is 95.1 Å². The lowest BCUT2D eigenvalue weighted by atomic mass is 10.0. The number of benzene rings is 2. The minimum atomic E-state index is -1.31. The molecule has 0 spiro atoms. The molecule has 6 atom stereocenters. The molecular weight excluding hydrogens is 708 g/mol. The van der Waals surface area contributed by atoms with Gasteiger partial charge in [-0.25, -0.2) is 4.79 Å². The van der Waals surface area contributed by atoms with Gasteiger partial charge in [-0.3, -0.25) is 24.0 Å². The summed E-state index contributed by atoms with van der Waals surface area (Å²) in [5, 5.41) is 32.9. The number of amides is 5. The third kappa shape index (κ3) is 16.7. The molecule has 0 unspecified atom stereocenters. The smallest absolute Gasteiger partial charge is 0.326 e. The number of hydrogen-bond donors (Lipinski definition) is 10. The Kier molecular flexibility index (Phi) is 20.7. The van der Waals surface area contributed by atoms with Crippen molar-refractivity contribution >= 4 is 35.5 Å². The van der Waals surface area contributed by atoms with Gasteiger partial charge in [0, 0.05) is 12.8 Å². The second-order valence-corrected chi connectivity index (χ2v) is 13.3. The van der Waals surface area contributed by atoms with Gasteiger partial charge in [0.2, 0.25) is 29.5 Å². The van der Waals surface area contributed by atoms with Gasteiger partial charge in [0.25, 0.3) is 0 Å². The Morgan fingerprint density at radius 1 is 0.636 bits per heavy atom. The Labute approximate surface area is 322 Å². The number of carbonyl (C=O) groups excluding carboxylic acids is 5. The maximum Gasteiger partial charge on any atom is 0.326 e. The highest BCUT2D eigenvalue weighted by molar-refractivity contribution is 5.96. The second-order valence-electron chi connectivity index (χ2n) is 13.3. The van der Waals surface area contributed by atoms with Crippen molar-refractivity contribution in [3.05, 3.63) is 78.4 Å². The van der Waals surface area contributed by atoms with Crippen LogP contribution in [0.15, 0.2) is 67.3 Å². The van der Waals surface area contributed by atoms with Gasteiger partial charge in [-0.15, -0.1) is 6.58 Å². The Hall–Kier alpha value is -5.32. The van der Waals surface area contributed by atoms with Crippen molar-refractivity contribution in [2.45, 2.75) is 107 Å². The Morgan fingerprint density at radius 3 is 1.58 bits per heavy atom. The zero-order valence-corrected chi connectivity index (χ0v) is 31.5. The van der Waals surface area contributed by atoms with Crippen LogP contribution in [0, 0.1) is 0 Å². The minimum Gasteiger partial charge on any atom is -0.508 e. The van der Waals surface area contributed by atoms with Gasteiger partial charge in [0.05, 0.1) is 6.04 Å². The predicted octanol–water partition coefficient (Wildman–Crippen LogP) is 0.257. The van der Waals surface area contributed by atoms with Crippen LogP contribution in [0.3, 0.4) is 0 Å². The molecule has 0 radical (unpaired) electrons. The summed E-state index contributed by atoms with van der Waals surface area (Å²) in [5.74, 6) is -4.61. The maximum atomic E-state index is 13.7. The molecule has 5 amide bonds. The van der Waals surface area contributed by atoms with E-state index in [1.807, 2.05) is 0 Å². The van der Waals surface area contributed by atoms with Crippen LogP contribution < -0.4 is 43.8 Å². The second kappa shape index (κ2) is 24.9. The molecule has 0 bridgehead atoms. The third-order valence-electron chi connectivity index (χ3n) is 8.86. The van der Waals surface area contributed by atoms with Gasteiger partial charge >= 0.3 is 5.97 Å². The van der Waals surface area contributed by atoms with Crippen molar-refractivity contribution in [2.75, 3.05) is 13.1 Å². The average molecular weight is 767 g/mol. The third-order valence-corrected chi connectivity index (χ3v) is 8.86. The first kappa shape index (κ1) is 45.8. The zero-order valence-electron chi connectivity index (χ0n) is 31.5. The highest BCUT2D eigenvalue weighted by Crippen LogP contribution is 2.13. The fraction of sp³-hybridized carbons (Fsp3) is 0.487. The normalized spacial score (nSPS) is 14.2. The number of hydrogen-bond acceptors (Lipinski definition) is 10. The summed E-state index contributed by atoms with van der Waals surface area (Å²) >= 11 is 0. The van der Waals surface area contributed by atoms with Gasteiger partial charge < -0.3 is 54.0 Å². The van der Waals surface area contributed by atoms with Gasteiger partial charge in [-0.1, -0.05) is 55.5 Å². The van der Waals surface area contributed by atoms with E-state index in [2.05, 4.69) is 33.2 Å². The van der Waals surface area contributed by atoms with Crippen molar-refractivity contribution in [3.63, 3.8) is 0 Å². The highest BCUT2D eigenvalue weighted by atomic mass is 16.4. The fourth-order valence-corrected chi connectivity index (χ4v) is 5.66. The van der Waals surface area contributed by atoms with Gasteiger partial charge in [0.1, 0.15) is 36.0 Å². The number of aromatic hydroxyl groups is 1. The Bertz CT molecular complexity index is 1540. The van der Waals surface area contributed by atoms with Crippen LogP contribution >= 0.6 is 0 Å². The molecule has 0 aliphatic carbocycles. The highest BCUT2D eigenvalue weighted by Gasteiger charge is 2.32. The number of phenols is 1. The molecule has 0 aromatic heterocycles. The molecule has 13 N–H and O–H groups in total. The largest absolute Gasteiger partial charge is 0.508 e. The monoisotopic (exact) mass is 766 g/mol. The number of unbranched alkanes of at least 4 members (excludes halogenated alkanes) is 2. The number of phenolic OH excluding ortho intramolecular Hbond substituents is 1. The predicted molar refractivity (Wildman–Crippen MR) is 208 cm³/mol. The zero-order chi connectivity index (χ0) is 40.8. The molecule has 0 heterocycles. The molecule has 0 saturated heterocycles. The molecule has 2 rings (SSSR count). The van der Waals surface area contributed by atoms with E-state index in [1.54, 1.807) is 49.4 Å². The van der Waals surface area contributed by atoms with E-state index < -0.39 is 71.8 Å². The Morgan fingerprint density at radius 2 is 1.07 bits per heavy atom. The number of carboxylic acid groups (broad SMARTS) is 1. The number of aliphatic carboxylic acids is 1. The minimum absolute atomic E-state index is 0.00805. The lowest BCUT2D eigenvalue weighted by Crippen LogP contribution is -2.59. The van der Waals surface area contributed by atoms with Crippen LogP contribution in [0.1, 0.15) is 69.4 Å². The summed E-state index contributed by atoms with van der Waals surface area (Å²) in [6, 6.07) is 7.91. The van der Waals surface area contributed by atoms with E-state index in [0.29, 0.717) is 49.9 Å². The van der Waals surface area contributed by atoms with Crippen molar-refractivity contribution < 1.29 is 39.0 Å². The van der Waals surface area contributed by atoms with Gasteiger partial charge in [0.15, 0.2) is 0 Å². The Balaban J connectivity index is 2.28. The molecule has 0 saturated carbocycles. The van der Waals surface area contributed by atoms with Crippen molar-refractivity contribution in [1.29, 1.82) is 0 Å². The first-order valence-electron chi connectivity index (χ1n) is 18.7. The molecule has 2 aromatic rings. The van der Waals surface area contributed by atoms with E-state index in [4.69, 9.17) is 17.2 Å². The van der Waals surface area contributed by atoms with Crippen LogP contribution in [-0.2, 0) is 41.6 Å². The molecule has 0 aliphatic heterocycles. The van der Waals surface area contributed by atoms with E-state index >= 15 is 0 Å². The summed E-state index contributed by atoms with van der Waals surface area (Å²) in [5.41, 5.74) is 18.5. The molecule has 55 heavy (non-hydrogen) atoms. The first-order valence-corrected chi connectivity index (χ1v) is 18.7. The average Bonchev–Trinajstić information content (AvgIpc) is 3.16. The molecule has 0 aliphatic rings. The van der Waals surface area contributed by atoms with Gasteiger partial charge in [-0.05, 0) is 87.7 Å². The molecule has 2 aromatic carbocycles. The molecule has 0 fully saturated rings. The van der Waals surface area contributed by atoms with E-state index in [0.717, 1.165) is 0 Å². The number of nitrogens with one attached hydrogen (secondary N) is 5. The van der Waals surface area contributed by atoms with Crippen molar-refractivity contribution in [2.24, 2.45) is 17.2 Å². The number of carbonyl (C=O) groups is 6. The lowest BCUT2D eigenvalue weighted by molar-refractivity contribution is -0.142. The van der Waals surface area contributed by atoms with E-state index in [-0.39, 0.29) is 44.3 Å². The standard InChI is InChI=1S/C39H58N8O8/c1-3-12-28(42)34(49)44-30(15-8-10-21-40)37(52)45-31(16-9-11-22-41)36(51)43-29(4-2)35(50)46-32(23-26-17-19-27(48)20-18-26)38(53)47-33(39(54)55)24-25-13-6-5-7-14-25/h3,5-7,13-14,17-20,28-33,48H,1,4,8-12,15-16,21-24,40-42H2,2H3,(H,43,51)(H,44,49)(H,45,52)(H,46,50)(H,47,53)(H,54,55)/t28-,29-,30-,31-,32-,33-/m0/s1. The maximum absolute atomic E-state index is 13.7. The first-order chi connectivity index (χ1) is 26.3. The summed E-state index contributed by atoms with van der Waals surface area (Å²) < 4.78 is 0. The van der Waals surface area contributed by atoms with E-state index in [1.165, 1.54) is 18.2 Å². The molecule has 16 heteroatoms. The molecular formula is C39H58N8O8. The van der Waals surface area contributed by atoms with Crippen LogP contribution in [0.2, 0.25) is 0 Å². The number of carboxylic acids is 1. The number of nitrogens with two attached hydrogens (primary N) is 3. The number of rotatable bonds is 26. The topological polar surface area (TPSA) is 281 Å². The summed E-state index contributed by atoms with van der Waals surface area (Å²) in [6.45, 7) is 5.97. The lowest BCUT2D eigenvalue weighted by Gasteiger charge is -2.27. The van der Waals surface area contributed by atoms with Gasteiger partial charge in [-0.2, -0.15) is 0 Å².